The van der Waals surface area contributed by atoms with Crippen molar-refractivity contribution in [1.82, 2.24) is 24.9 Å². The first-order chi connectivity index (χ1) is 14.1. The molecule has 1 aromatic heterocycles. The number of likely N-dealkylation sites (N-methyl/N-ethyl adjacent to an activating group) is 1. The molecule has 1 saturated heterocycles. The van der Waals surface area contributed by atoms with Crippen molar-refractivity contribution in [3.8, 4) is 0 Å². The van der Waals surface area contributed by atoms with Crippen LogP contribution in [0.15, 0.2) is 54.6 Å². The Balaban J connectivity index is 1.50. The van der Waals surface area contributed by atoms with Crippen molar-refractivity contribution in [1.29, 1.82) is 0 Å². The van der Waals surface area contributed by atoms with E-state index in [1.165, 1.54) is 5.56 Å². The monoisotopic (exact) mass is 391 g/mol. The van der Waals surface area contributed by atoms with Crippen molar-refractivity contribution in [2.45, 2.75) is 26.1 Å². The molecule has 1 aliphatic heterocycles. The van der Waals surface area contributed by atoms with Crippen molar-refractivity contribution in [3.63, 3.8) is 0 Å². The maximum absolute atomic E-state index is 13.1. The van der Waals surface area contributed by atoms with Crippen LogP contribution in [0.25, 0.3) is 10.9 Å². The molecule has 1 fully saturated rings. The second-order valence-electron chi connectivity index (χ2n) is 7.83. The maximum atomic E-state index is 13.1. The molecule has 1 amide bonds. The number of benzene rings is 2. The Bertz CT molecular complexity index is 968. The molecule has 2 heterocycles. The number of aryl methyl sites for hydroxylation is 1. The number of hydrogen-bond acceptors (Lipinski definition) is 4. The highest BCUT2D eigenvalue weighted by Crippen LogP contribution is 2.19. The van der Waals surface area contributed by atoms with E-state index in [0.29, 0.717) is 5.69 Å². The predicted molar refractivity (Wildman–Crippen MR) is 116 cm³/mol. The van der Waals surface area contributed by atoms with Crippen LogP contribution in [0.4, 0.5) is 0 Å². The zero-order valence-corrected chi connectivity index (χ0v) is 17.2. The number of fused-ring (bicyclic) bond motifs is 1. The minimum atomic E-state index is -0.0895. The van der Waals surface area contributed by atoms with E-state index >= 15 is 0 Å². The molecule has 1 aliphatic rings. The zero-order chi connectivity index (χ0) is 20.2. The molecular formula is C23H29N5O. The van der Waals surface area contributed by atoms with Crippen LogP contribution in [0, 0.1) is 0 Å². The molecule has 1 unspecified atom stereocenters. The van der Waals surface area contributed by atoms with Crippen molar-refractivity contribution in [2.75, 3.05) is 33.2 Å². The van der Waals surface area contributed by atoms with Gasteiger partial charge in [0.15, 0.2) is 5.69 Å². The average Bonchev–Trinajstić information content (AvgIpc) is 3.02. The number of carbonyl (C=O) groups is 1. The lowest BCUT2D eigenvalue weighted by Crippen LogP contribution is -2.46. The molecule has 2 aromatic carbocycles. The Morgan fingerprint density at radius 1 is 1.07 bits per heavy atom. The van der Waals surface area contributed by atoms with Gasteiger partial charge in [-0.3, -0.25) is 14.4 Å². The Morgan fingerprint density at radius 3 is 2.62 bits per heavy atom. The SMILES string of the molecule is CCn1nc(C(=O)NC2CN(C)CCN(Cc3ccccc3)C2)c2ccccc21. The summed E-state index contributed by atoms with van der Waals surface area (Å²) >= 11 is 0. The quantitative estimate of drug-likeness (QED) is 0.726. The minimum absolute atomic E-state index is 0.0595. The third kappa shape index (κ3) is 4.49. The van der Waals surface area contributed by atoms with Gasteiger partial charge in [-0.15, -0.1) is 0 Å². The van der Waals surface area contributed by atoms with Gasteiger partial charge in [-0.1, -0.05) is 48.5 Å². The van der Waals surface area contributed by atoms with E-state index in [4.69, 9.17) is 0 Å². The lowest BCUT2D eigenvalue weighted by molar-refractivity contribution is 0.0919. The number of amides is 1. The number of carbonyl (C=O) groups excluding carboxylic acids is 1. The normalized spacial score (nSPS) is 18.6. The Kier molecular flexibility index (Phi) is 5.92. The Hall–Kier alpha value is -2.70. The van der Waals surface area contributed by atoms with Crippen LogP contribution in [0.1, 0.15) is 23.0 Å². The van der Waals surface area contributed by atoms with Crippen molar-refractivity contribution < 1.29 is 4.79 Å². The molecule has 0 bridgehead atoms. The fraction of sp³-hybridized carbons (Fsp3) is 0.391. The lowest BCUT2D eigenvalue weighted by atomic mass is 10.1. The number of nitrogens with zero attached hydrogens (tertiary/aromatic N) is 4. The van der Waals surface area contributed by atoms with Gasteiger partial charge in [-0.05, 0) is 25.6 Å². The van der Waals surface area contributed by atoms with Gasteiger partial charge in [0.05, 0.1) is 11.6 Å². The van der Waals surface area contributed by atoms with E-state index in [2.05, 4.69) is 51.5 Å². The summed E-state index contributed by atoms with van der Waals surface area (Å²) in [5.74, 6) is -0.0895. The van der Waals surface area contributed by atoms with Crippen molar-refractivity contribution in [2.24, 2.45) is 0 Å². The predicted octanol–water partition coefficient (Wildman–Crippen LogP) is 2.60. The molecular weight excluding hydrogens is 362 g/mol. The van der Waals surface area contributed by atoms with Crippen LogP contribution in [-0.4, -0.2) is 64.8 Å². The van der Waals surface area contributed by atoms with Crippen LogP contribution in [-0.2, 0) is 13.1 Å². The van der Waals surface area contributed by atoms with E-state index < -0.39 is 0 Å². The van der Waals surface area contributed by atoms with Gasteiger partial charge in [0, 0.05) is 44.7 Å². The molecule has 0 aliphatic carbocycles. The molecule has 152 valence electrons. The fourth-order valence-corrected chi connectivity index (χ4v) is 4.11. The van der Waals surface area contributed by atoms with Gasteiger partial charge >= 0.3 is 0 Å². The zero-order valence-electron chi connectivity index (χ0n) is 17.2. The third-order valence-corrected chi connectivity index (χ3v) is 5.57. The number of rotatable bonds is 5. The summed E-state index contributed by atoms with van der Waals surface area (Å²) in [6.45, 7) is 7.33. The first-order valence-corrected chi connectivity index (χ1v) is 10.3. The summed E-state index contributed by atoms with van der Waals surface area (Å²) in [7, 11) is 2.12. The van der Waals surface area contributed by atoms with E-state index in [0.717, 1.165) is 50.2 Å². The van der Waals surface area contributed by atoms with Crippen LogP contribution < -0.4 is 5.32 Å². The van der Waals surface area contributed by atoms with Crippen LogP contribution >= 0.6 is 0 Å². The summed E-state index contributed by atoms with van der Waals surface area (Å²) in [4.78, 5) is 17.8. The smallest absolute Gasteiger partial charge is 0.272 e. The highest BCUT2D eigenvalue weighted by Gasteiger charge is 2.25. The summed E-state index contributed by atoms with van der Waals surface area (Å²) in [6, 6.07) is 18.5. The van der Waals surface area contributed by atoms with Gasteiger partial charge < -0.3 is 10.2 Å². The molecule has 3 aromatic rings. The summed E-state index contributed by atoms with van der Waals surface area (Å²) < 4.78 is 1.89. The maximum Gasteiger partial charge on any atom is 0.272 e. The van der Waals surface area contributed by atoms with E-state index in [1.807, 2.05) is 41.9 Å². The van der Waals surface area contributed by atoms with Crippen LogP contribution in [0.2, 0.25) is 0 Å². The molecule has 1 N–H and O–H groups in total. The van der Waals surface area contributed by atoms with Gasteiger partial charge in [-0.2, -0.15) is 5.10 Å². The number of nitrogens with one attached hydrogen (secondary N) is 1. The van der Waals surface area contributed by atoms with E-state index in [9.17, 15) is 4.79 Å². The highest BCUT2D eigenvalue weighted by molar-refractivity contribution is 6.05. The fourth-order valence-electron chi connectivity index (χ4n) is 4.11. The standard InChI is InChI=1S/C23H29N5O/c1-3-28-21-12-8-7-11-20(21)22(25-28)23(29)24-19-16-26(2)13-14-27(17-19)15-18-9-5-4-6-10-18/h4-12,19H,3,13-17H2,1-2H3,(H,24,29). The van der Waals surface area contributed by atoms with Crippen molar-refractivity contribution >= 4 is 16.8 Å². The van der Waals surface area contributed by atoms with Crippen LogP contribution in [0.3, 0.4) is 0 Å². The van der Waals surface area contributed by atoms with Crippen molar-refractivity contribution in [3.05, 3.63) is 65.9 Å². The lowest BCUT2D eigenvalue weighted by Gasteiger charge is -2.24. The minimum Gasteiger partial charge on any atom is -0.345 e. The average molecular weight is 392 g/mol. The first kappa shape index (κ1) is 19.6. The van der Waals surface area contributed by atoms with Gasteiger partial charge in [0.2, 0.25) is 0 Å². The highest BCUT2D eigenvalue weighted by atomic mass is 16.2. The van der Waals surface area contributed by atoms with Gasteiger partial charge in [-0.25, -0.2) is 0 Å². The molecule has 0 saturated carbocycles. The van der Waals surface area contributed by atoms with E-state index in [-0.39, 0.29) is 11.9 Å². The summed E-state index contributed by atoms with van der Waals surface area (Å²) in [5.41, 5.74) is 2.82. The molecule has 1 atom stereocenters. The number of para-hydroxylation sites is 1. The number of hydrogen-bond donors (Lipinski definition) is 1. The Labute approximate surface area is 172 Å². The molecule has 0 spiro atoms. The molecule has 4 rings (SSSR count). The summed E-state index contributed by atoms with van der Waals surface area (Å²) in [5, 5.41) is 8.74. The second-order valence-corrected chi connectivity index (χ2v) is 7.83. The molecule has 6 heteroatoms. The Morgan fingerprint density at radius 2 is 1.83 bits per heavy atom. The van der Waals surface area contributed by atoms with Gasteiger partial charge in [0.25, 0.3) is 5.91 Å². The molecule has 0 radical (unpaired) electrons. The topological polar surface area (TPSA) is 53.4 Å². The molecule has 29 heavy (non-hydrogen) atoms. The molecule has 6 nitrogen and oxygen atoms in total. The first-order valence-electron chi connectivity index (χ1n) is 10.3. The third-order valence-electron chi connectivity index (χ3n) is 5.57. The second kappa shape index (κ2) is 8.76. The van der Waals surface area contributed by atoms with E-state index in [1.54, 1.807) is 0 Å². The van der Waals surface area contributed by atoms with Crippen LogP contribution in [0.5, 0.6) is 0 Å². The summed E-state index contributed by atoms with van der Waals surface area (Å²) in [6.07, 6.45) is 0. The largest absolute Gasteiger partial charge is 0.345 e. The number of aromatic nitrogens is 2. The van der Waals surface area contributed by atoms with Gasteiger partial charge in [0.1, 0.15) is 0 Å².